The Kier molecular flexibility index (Phi) is 4.07. The second-order valence-corrected chi connectivity index (χ2v) is 5.10. The van der Waals surface area contributed by atoms with Gasteiger partial charge in [0, 0.05) is 24.0 Å². The second kappa shape index (κ2) is 6.33. The second-order valence-electron chi connectivity index (χ2n) is 5.10. The molecule has 0 fully saturated rings. The van der Waals surface area contributed by atoms with E-state index in [0.29, 0.717) is 11.1 Å². The van der Waals surface area contributed by atoms with Crippen LogP contribution in [0.2, 0.25) is 0 Å². The molecule has 0 saturated carbocycles. The highest BCUT2D eigenvalue weighted by molar-refractivity contribution is 5.91. The molecule has 0 radical (unpaired) electrons. The van der Waals surface area contributed by atoms with Gasteiger partial charge in [-0.25, -0.2) is 9.48 Å². The van der Waals surface area contributed by atoms with Gasteiger partial charge in [-0.05, 0) is 43.3 Å². The Labute approximate surface area is 137 Å². The minimum atomic E-state index is -0.544. The van der Waals surface area contributed by atoms with Crippen LogP contribution in [0.15, 0.2) is 60.9 Å². The van der Waals surface area contributed by atoms with Gasteiger partial charge in [0.05, 0.1) is 16.2 Å². The first-order valence-corrected chi connectivity index (χ1v) is 7.12. The van der Waals surface area contributed by atoms with E-state index in [1.165, 1.54) is 18.2 Å². The molecule has 0 amide bonds. The molecular formula is C17H13N3O4. The van der Waals surface area contributed by atoms with Crippen molar-refractivity contribution in [2.45, 2.75) is 6.92 Å². The molecule has 0 unspecified atom stereocenters. The topological polar surface area (TPSA) is 87.3 Å². The predicted octanol–water partition coefficient (Wildman–Crippen LogP) is 3.31. The van der Waals surface area contributed by atoms with Crippen molar-refractivity contribution in [2.75, 3.05) is 0 Å². The van der Waals surface area contributed by atoms with Crippen LogP contribution in [0, 0.1) is 17.0 Å². The van der Waals surface area contributed by atoms with Crippen LogP contribution in [0.4, 0.5) is 5.69 Å². The normalized spacial score (nSPS) is 10.4. The van der Waals surface area contributed by atoms with Gasteiger partial charge < -0.3 is 4.74 Å². The van der Waals surface area contributed by atoms with E-state index in [2.05, 4.69) is 5.10 Å². The Morgan fingerprint density at radius 1 is 1.21 bits per heavy atom. The lowest BCUT2D eigenvalue weighted by molar-refractivity contribution is -0.385. The van der Waals surface area contributed by atoms with E-state index in [0.717, 1.165) is 5.69 Å². The van der Waals surface area contributed by atoms with E-state index in [4.69, 9.17) is 4.74 Å². The van der Waals surface area contributed by atoms with Gasteiger partial charge in [0.1, 0.15) is 5.75 Å². The molecule has 24 heavy (non-hydrogen) atoms. The number of carbonyl (C=O) groups excluding carboxylic acids is 1. The zero-order chi connectivity index (χ0) is 17.1. The maximum atomic E-state index is 12.3. The van der Waals surface area contributed by atoms with Crippen molar-refractivity contribution in [3.63, 3.8) is 0 Å². The average Bonchev–Trinajstić information content (AvgIpc) is 3.09. The Morgan fingerprint density at radius 2 is 2.04 bits per heavy atom. The number of rotatable bonds is 4. The lowest BCUT2D eigenvalue weighted by Gasteiger charge is -2.07. The number of ether oxygens (including phenoxy) is 1. The Bertz CT molecular complexity index is 904. The molecule has 120 valence electrons. The monoisotopic (exact) mass is 323 g/mol. The van der Waals surface area contributed by atoms with Crippen molar-refractivity contribution >= 4 is 11.7 Å². The largest absolute Gasteiger partial charge is 0.423 e. The lowest BCUT2D eigenvalue weighted by Crippen LogP contribution is -2.09. The number of aromatic nitrogens is 2. The highest BCUT2D eigenvalue weighted by Gasteiger charge is 2.14. The van der Waals surface area contributed by atoms with Crippen molar-refractivity contribution in [3.05, 3.63) is 82.2 Å². The van der Waals surface area contributed by atoms with Crippen LogP contribution in [0.5, 0.6) is 5.75 Å². The Hall–Kier alpha value is -3.48. The number of hydrogen-bond acceptors (Lipinski definition) is 5. The molecule has 1 aromatic heterocycles. The summed E-state index contributed by atoms with van der Waals surface area (Å²) in [5, 5.41) is 14.9. The first-order valence-electron chi connectivity index (χ1n) is 7.12. The summed E-state index contributed by atoms with van der Waals surface area (Å²) >= 11 is 0. The molecular weight excluding hydrogens is 310 g/mol. The molecule has 0 spiro atoms. The number of benzene rings is 2. The fourth-order valence-corrected chi connectivity index (χ4v) is 2.26. The van der Waals surface area contributed by atoms with Crippen molar-refractivity contribution in [2.24, 2.45) is 0 Å². The van der Waals surface area contributed by atoms with E-state index >= 15 is 0 Å². The van der Waals surface area contributed by atoms with E-state index in [-0.39, 0.29) is 11.4 Å². The third-order valence-electron chi connectivity index (χ3n) is 3.43. The van der Waals surface area contributed by atoms with Crippen molar-refractivity contribution in [1.82, 2.24) is 9.78 Å². The molecule has 7 nitrogen and oxygen atoms in total. The maximum absolute atomic E-state index is 12.3. The molecule has 2 aromatic carbocycles. The molecule has 3 rings (SSSR count). The molecule has 0 N–H and O–H groups in total. The number of aryl methyl sites for hydroxylation is 1. The number of nitro benzene ring substituents is 1. The molecule has 0 aliphatic rings. The van der Waals surface area contributed by atoms with Crippen LogP contribution in [-0.4, -0.2) is 20.7 Å². The molecule has 0 atom stereocenters. The minimum absolute atomic E-state index is 0.0181. The fraction of sp³-hybridized carbons (Fsp3) is 0.0588. The van der Waals surface area contributed by atoms with Crippen LogP contribution in [0.3, 0.4) is 0 Å². The van der Waals surface area contributed by atoms with Gasteiger partial charge in [0.25, 0.3) is 5.69 Å². The minimum Gasteiger partial charge on any atom is -0.423 e. The van der Waals surface area contributed by atoms with Gasteiger partial charge in [-0.15, -0.1) is 0 Å². The third-order valence-corrected chi connectivity index (χ3v) is 3.43. The number of carbonyl (C=O) groups is 1. The first-order chi connectivity index (χ1) is 11.5. The summed E-state index contributed by atoms with van der Waals surface area (Å²) in [5.41, 5.74) is 1.50. The summed E-state index contributed by atoms with van der Waals surface area (Å²) in [6.07, 6.45) is 3.41. The quantitative estimate of drug-likeness (QED) is 0.318. The van der Waals surface area contributed by atoms with Crippen LogP contribution in [0.1, 0.15) is 15.9 Å². The summed E-state index contributed by atoms with van der Waals surface area (Å²) in [4.78, 5) is 22.6. The van der Waals surface area contributed by atoms with E-state index in [1.807, 2.05) is 6.07 Å². The molecule has 1 heterocycles. The van der Waals surface area contributed by atoms with Crippen LogP contribution >= 0.6 is 0 Å². The summed E-state index contributed by atoms with van der Waals surface area (Å²) in [6.45, 7) is 1.59. The van der Waals surface area contributed by atoms with E-state index in [9.17, 15) is 14.9 Å². The van der Waals surface area contributed by atoms with Crippen molar-refractivity contribution < 1.29 is 14.5 Å². The number of nitrogens with zero attached hydrogens (tertiary/aromatic N) is 3. The highest BCUT2D eigenvalue weighted by Crippen LogP contribution is 2.24. The Morgan fingerprint density at radius 3 is 2.71 bits per heavy atom. The third kappa shape index (κ3) is 3.14. The van der Waals surface area contributed by atoms with Gasteiger partial charge >= 0.3 is 5.97 Å². The fourth-order valence-electron chi connectivity index (χ4n) is 2.26. The number of esters is 1. The first kappa shape index (κ1) is 15.4. The van der Waals surface area contributed by atoms with Crippen molar-refractivity contribution in [1.29, 1.82) is 0 Å². The average molecular weight is 323 g/mol. The highest BCUT2D eigenvalue weighted by atomic mass is 16.6. The van der Waals surface area contributed by atoms with Gasteiger partial charge in [0.2, 0.25) is 0 Å². The molecule has 0 bridgehead atoms. The molecule has 0 aliphatic carbocycles. The zero-order valence-electron chi connectivity index (χ0n) is 12.7. The van der Waals surface area contributed by atoms with Gasteiger partial charge in [-0.1, -0.05) is 6.07 Å². The zero-order valence-corrected chi connectivity index (χ0v) is 12.7. The predicted molar refractivity (Wildman–Crippen MR) is 86.4 cm³/mol. The molecule has 0 saturated heterocycles. The summed E-state index contributed by atoms with van der Waals surface area (Å²) in [7, 11) is 0. The number of nitro groups is 1. The van der Waals surface area contributed by atoms with E-state index < -0.39 is 10.9 Å². The molecule has 3 aromatic rings. The van der Waals surface area contributed by atoms with Crippen LogP contribution in [-0.2, 0) is 0 Å². The number of hydrogen-bond donors (Lipinski definition) is 0. The summed E-state index contributed by atoms with van der Waals surface area (Å²) in [5.74, 6) is -0.287. The maximum Gasteiger partial charge on any atom is 0.343 e. The Balaban J connectivity index is 1.82. The lowest BCUT2D eigenvalue weighted by atomic mass is 10.2. The summed E-state index contributed by atoms with van der Waals surface area (Å²) < 4.78 is 6.93. The summed E-state index contributed by atoms with van der Waals surface area (Å²) in [6, 6.07) is 12.8. The molecule has 0 aliphatic heterocycles. The van der Waals surface area contributed by atoms with Gasteiger partial charge in [-0.2, -0.15) is 5.10 Å². The van der Waals surface area contributed by atoms with E-state index in [1.54, 1.807) is 48.3 Å². The van der Waals surface area contributed by atoms with Crippen molar-refractivity contribution in [3.8, 4) is 11.4 Å². The van der Waals surface area contributed by atoms with Gasteiger partial charge in [0.15, 0.2) is 0 Å². The SMILES string of the molecule is Cc1cc(OC(=O)c2cccc(-n3cccn3)c2)ccc1[N+](=O)[O-]. The standard InChI is InChI=1S/C17H13N3O4/c1-12-10-15(6-7-16(12)20(22)23)24-17(21)13-4-2-5-14(11-13)19-9-3-8-18-19/h2-11H,1H3. The van der Waals surface area contributed by atoms with Crippen LogP contribution in [0.25, 0.3) is 5.69 Å². The smallest absolute Gasteiger partial charge is 0.343 e. The molecule has 7 heteroatoms. The van der Waals surface area contributed by atoms with Gasteiger partial charge in [-0.3, -0.25) is 10.1 Å². The van der Waals surface area contributed by atoms with Crippen LogP contribution < -0.4 is 4.74 Å².